The molecular weight excluding hydrogens is 354 g/mol. The van der Waals surface area contributed by atoms with E-state index in [9.17, 15) is 19.8 Å². The number of allylic oxidation sites excluding steroid dienone is 4. The molecule has 0 aromatic heterocycles. The van der Waals surface area contributed by atoms with Crippen molar-refractivity contribution in [3.05, 3.63) is 23.8 Å². The second kappa shape index (κ2) is 6.35. The molecule has 4 aliphatic rings. The minimum atomic E-state index is -1.37. The zero-order chi connectivity index (χ0) is 20.5. The van der Waals surface area contributed by atoms with E-state index in [4.69, 9.17) is 0 Å². The minimum Gasteiger partial charge on any atom is -0.393 e. The van der Waals surface area contributed by atoms with Crippen molar-refractivity contribution in [2.45, 2.75) is 57.7 Å². The van der Waals surface area contributed by atoms with Gasteiger partial charge in [0, 0.05) is 16.7 Å². The molecule has 0 radical (unpaired) electrons. The summed E-state index contributed by atoms with van der Waals surface area (Å²) in [5.41, 5.74) is -1.16. The zero-order valence-electron chi connectivity index (χ0n) is 17.4. The smallest absolute Gasteiger partial charge is 0.178 e. The fraction of sp³-hybridized carbons (Fsp3) is 0.739. The van der Waals surface area contributed by atoms with Crippen molar-refractivity contribution in [3.8, 4) is 0 Å². The average molecular weight is 388 g/mol. The van der Waals surface area contributed by atoms with Crippen LogP contribution in [0.25, 0.3) is 0 Å². The molecule has 7 atom stereocenters. The van der Waals surface area contributed by atoms with Crippen LogP contribution in [0.15, 0.2) is 23.8 Å². The number of rotatable bonds is 3. The summed E-state index contributed by atoms with van der Waals surface area (Å²) in [6, 6.07) is 0. The van der Waals surface area contributed by atoms with Crippen LogP contribution in [0.2, 0.25) is 0 Å². The van der Waals surface area contributed by atoms with E-state index >= 15 is 0 Å². The number of hydrogen-bond donors (Lipinski definition) is 2. The van der Waals surface area contributed by atoms with Gasteiger partial charge in [0.05, 0.1) is 12.6 Å². The molecule has 2 N–H and O–H groups in total. The van der Waals surface area contributed by atoms with Crippen molar-refractivity contribution in [1.29, 1.82) is 0 Å². The first-order chi connectivity index (χ1) is 13.0. The number of aliphatic hydroxyl groups excluding tert-OH is 1. The van der Waals surface area contributed by atoms with E-state index < -0.39 is 17.1 Å². The Kier molecular flexibility index (Phi) is 4.53. The van der Waals surface area contributed by atoms with Crippen molar-refractivity contribution in [2.24, 2.45) is 28.6 Å². The highest BCUT2D eigenvalue weighted by molar-refractivity contribution is 6.01. The molecule has 0 unspecified atom stereocenters. The van der Waals surface area contributed by atoms with Gasteiger partial charge in [0.15, 0.2) is 11.6 Å². The summed E-state index contributed by atoms with van der Waals surface area (Å²) < 4.78 is 0. The SMILES string of the molecule is CN(C)CC(=O)[C@@]1(O)CC[C@H]2[C@@H]3CCC4=CC(=O)C=C[C@]4(C)[C@H]3[C@@H](O)C[C@@]21C. The minimum absolute atomic E-state index is 0.0289. The highest BCUT2D eigenvalue weighted by Gasteiger charge is 2.67. The maximum Gasteiger partial charge on any atom is 0.178 e. The molecule has 0 amide bonds. The van der Waals surface area contributed by atoms with Crippen LogP contribution in [0.5, 0.6) is 0 Å². The molecule has 3 fully saturated rings. The predicted molar refractivity (Wildman–Crippen MR) is 107 cm³/mol. The third-order valence-corrected chi connectivity index (χ3v) is 8.57. The average Bonchev–Trinajstić information content (AvgIpc) is 2.87. The molecule has 0 heterocycles. The van der Waals surface area contributed by atoms with Gasteiger partial charge in [-0.25, -0.2) is 0 Å². The van der Waals surface area contributed by atoms with Gasteiger partial charge in [-0.05, 0) is 70.2 Å². The van der Waals surface area contributed by atoms with E-state index in [-0.39, 0.29) is 41.3 Å². The number of fused-ring (bicyclic) bond motifs is 5. The lowest BCUT2D eigenvalue weighted by molar-refractivity contribution is -0.177. The molecule has 0 aromatic rings. The molecule has 28 heavy (non-hydrogen) atoms. The Morgan fingerprint density at radius 3 is 2.68 bits per heavy atom. The molecule has 0 bridgehead atoms. The zero-order valence-corrected chi connectivity index (χ0v) is 17.4. The molecule has 5 nitrogen and oxygen atoms in total. The van der Waals surface area contributed by atoms with Crippen LogP contribution in [-0.4, -0.2) is 59.0 Å². The van der Waals surface area contributed by atoms with Crippen LogP contribution in [0.4, 0.5) is 0 Å². The van der Waals surface area contributed by atoms with Crippen molar-refractivity contribution in [2.75, 3.05) is 20.6 Å². The Bertz CT molecular complexity index is 771. The summed E-state index contributed by atoms with van der Waals surface area (Å²) >= 11 is 0. The first-order valence-corrected chi connectivity index (χ1v) is 10.6. The summed E-state index contributed by atoms with van der Waals surface area (Å²) in [6.07, 6.45) is 8.25. The molecule has 5 heteroatoms. The van der Waals surface area contributed by atoms with E-state index in [1.807, 2.05) is 32.0 Å². The summed E-state index contributed by atoms with van der Waals surface area (Å²) in [5.74, 6) is 0.391. The first-order valence-electron chi connectivity index (χ1n) is 10.6. The lowest BCUT2D eigenvalue weighted by Gasteiger charge is -2.59. The molecule has 0 saturated heterocycles. The Balaban J connectivity index is 1.70. The number of Topliss-reactive ketones (excluding diaryl/α,β-unsaturated/α-hetero) is 1. The molecule has 4 rings (SSSR count). The van der Waals surface area contributed by atoms with Crippen molar-refractivity contribution in [1.82, 2.24) is 4.90 Å². The monoisotopic (exact) mass is 387 g/mol. The van der Waals surface area contributed by atoms with E-state index in [1.165, 1.54) is 0 Å². The second-order valence-corrected chi connectivity index (χ2v) is 10.3. The Hall–Kier alpha value is -1.30. The van der Waals surface area contributed by atoms with E-state index in [1.54, 1.807) is 12.2 Å². The number of aliphatic hydroxyl groups is 2. The maximum atomic E-state index is 13.0. The second-order valence-electron chi connectivity index (χ2n) is 10.3. The van der Waals surface area contributed by atoms with Gasteiger partial charge in [0.2, 0.25) is 0 Å². The predicted octanol–water partition coefficient (Wildman–Crippen LogP) is 2.13. The third kappa shape index (κ3) is 2.55. The molecule has 0 aliphatic heterocycles. The van der Waals surface area contributed by atoms with E-state index in [0.717, 1.165) is 24.8 Å². The van der Waals surface area contributed by atoms with Crippen molar-refractivity contribution >= 4 is 11.6 Å². The maximum absolute atomic E-state index is 13.0. The van der Waals surface area contributed by atoms with Gasteiger partial charge in [-0.15, -0.1) is 0 Å². The van der Waals surface area contributed by atoms with Gasteiger partial charge in [-0.2, -0.15) is 0 Å². The summed E-state index contributed by atoms with van der Waals surface area (Å²) in [6.45, 7) is 4.38. The largest absolute Gasteiger partial charge is 0.393 e. The number of nitrogens with zero attached hydrogens (tertiary/aromatic N) is 1. The van der Waals surface area contributed by atoms with Crippen LogP contribution in [0.3, 0.4) is 0 Å². The molecule has 0 spiro atoms. The lowest BCUT2D eigenvalue weighted by Crippen LogP contribution is -2.62. The Morgan fingerprint density at radius 1 is 1.29 bits per heavy atom. The fourth-order valence-electron chi connectivity index (χ4n) is 7.21. The molecule has 0 aromatic carbocycles. The highest BCUT2D eigenvalue weighted by Crippen LogP contribution is 2.67. The quantitative estimate of drug-likeness (QED) is 0.776. The van der Waals surface area contributed by atoms with Gasteiger partial charge in [-0.1, -0.05) is 25.5 Å². The van der Waals surface area contributed by atoms with Crippen LogP contribution in [0.1, 0.15) is 46.0 Å². The van der Waals surface area contributed by atoms with Gasteiger partial charge in [0.1, 0.15) is 5.60 Å². The number of carbonyl (C=O) groups excluding carboxylic acids is 2. The van der Waals surface area contributed by atoms with Gasteiger partial charge >= 0.3 is 0 Å². The standard InChI is InChI=1S/C23H33NO4/c1-21-9-7-15(25)11-14(21)5-6-16-17-8-10-23(28,19(27)13-24(3)4)22(17,2)12-18(26)20(16)21/h7,9,11,16-18,20,26,28H,5-6,8,10,12-13H2,1-4H3/t16-,17-,18-,20+,21-,22-,23-/m0/s1. The molecule has 4 aliphatic carbocycles. The van der Waals surface area contributed by atoms with Crippen LogP contribution >= 0.6 is 0 Å². The normalized spacial score (nSPS) is 47.4. The van der Waals surface area contributed by atoms with Crippen LogP contribution in [0, 0.1) is 28.6 Å². The van der Waals surface area contributed by atoms with Crippen LogP contribution < -0.4 is 0 Å². The molecule has 3 saturated carbocycles. The number of hydrogen-bond acceptors (Lipinski definition) is 5. The first kappa shape index (κ1) is 20.0. The van der Waals surface area contributed by atoms with Gasteiger partial charge < -0.3 is 15.1 Å². The van der Waals surface area contributed by atoms with Crippen molar-refractivity contribution < 1.29 is 19.8 Å². The van der Waals surface area contributed by atoms with Gasteiger partial charge in [0.25, 0.3) is 0 Å². The molecular formula is C23H33NO4. The fourth-order valence-corrected chi connectivity index (χ4v) is 7.21. The Morgan fingerprint density at radius 2 is 2.00 bits per heavy atom. The number of ketones is 2. The summed E-state index contributed by atoms with van der Waals surface area (Å²) in [5, 5.41) is 22.8. The lowest BCUT2D eigenvalue weighted by atomic mass is 9.46. The Labute approximate surface area is 167 Å². The molecule has 154 valence electrons. The van der Waals surface area contributed by atoms with E-state index in [2.05, 4.69) is 6.92 Å². The van der Waals surface area contributed by atoms with Crippen molar-refractivity contribution in [3.63, 3.8) is 0 Å². The third-order valence-electron chi connectivity index (χ3n) is 8.57. The highest BCUT2D eigenvalue weighted by atomic mass is 16.3. The summed E-state index contributed by atoms with van der Waals surface area (Å²) in [4.78, 5) is 26.7. The summed E-state index contributed by atoms with van der Waals surface area (Å²) in [7, 11) is 3.68. The number of carbonyl (C=O) groups is 2. The van der Waals surface area contributed by atoms with E-state index in [0.29, 0.717) is 12.8 Å². The van der Waals surface area contributed by atoms with Crippen LogP contribution in [-0.2, 0) is 9.59 Å². The van der Waals surface area contributed by atoms with Gasteiger partial charge in [-0.3, -0.25) is 9.59 Å². The topological polar surface area (TPSA) is 77.8 Å². The number of likely N-dealkylation sites (N-methyl/N-ethyl adjacent to an activating group) is 1.